The van der Waals surface area contributed by atoms with Crippen LogP contribution in [0.2, 0.25) is 0 Å². The van der Waals surface area contributed by atoms with Gasteiger partial charge in [-0.3, -0.25) is 4.79 Å². The second kappa shape index (κ2) is 7.79. The minimum Gasteiger partial charge on any atom is -0.480 e. The van der Waals surface area contributed by atoms with Crippen LogP contribution in [0.1, 0.15) is 32.6 Å². The Hall–Kier alpha value is -1.89. The van der Waals surface area contributed by atoms with Gasteiger partial charge in [0.15, 0.2) is 0 Å². The topological polar surface area (TPSA) is 66.4 Å². The van der Waals surface area contributed by atoms with Gasteiger partial charge < -0.3 is 10.4 Å². The molecule has 2 N–H and O–H groups in total. The number of hydrogen-bond donors (Lipinski definition) is 2. The highest BCUT2D eigenvalue weighted by molar-refractivity contribution is 14.1. The molecule has 1 amide bonds. The van der Waals surface area contributed by atoms with Gasteiger partial charge in [-0.25, -0.2) is 4.79 Å². The number of aryl methyl sites for hydroxylation is 3. The van der Waals surface area contributed by atoms with Crippen molar-refractivity contribution in [2.24, 2.45) is 0 Å². The van der Waals surface area contributed by atoms with E-state index in [0.717, 1.165) is 25.8 Å². The molecule has 0 bridgehead atoms. The largest absolute Gasteiger partial charge is 0.480 e. The number of benzene rings is 2. The molecule has 2 aromatic carbocycles. The Morgan fingerprint density at radius 3 is 2.12 bits per heavy atom. The highest BCUT2D eigenvalue weighted by atomic mass is 127. The van der Waals surface area contributed by atoms with Crippen LogP contribution in [0.25, 0.3) is 0 Å². The van der Waals surface area contributed by atoms with Crippen LogP contribution in [0, 0.1) is 24.3 Å². The molecule has 0 radical (unpaired) electrons. The first-order valence-corrected chi connectivity index (χ1v) is 8.71. The lowest BCUT2D eigenvalue weighted by atomic mass is 9.98. The number of aliphatic carboxylic acids is 1. The molecule has 4 nitrogen and oxygen atoms in total. The summed E-state index contributed by atoms with van der Waals surface area (Å²) >= 11 is 2.19. The SMILES string of the molecule is Cc1cc(C)c(C(=O)NC(Cc2ccc(I)cc2)C(=O)O)c(C)c1. The quantitative estimate of drug-likeness (QED) is 0.703. The van der Waals surface area contributed by atoms with Crippen LogP contribution in [0.15, 0.2) is 36.4 Å². The first kappa shape index (κ1) is 18.4. The first-order valence-electron chi connectivity index (χ1n) is 7.64. The number of carboxylic acid groups (broad SMARTS) is 1. The van der Waals surface area contributed by atoms with Crippen molar-refractivity contribution in [3.63, 3.8) is 0 Å². The number of rotatable bonds is 5. The van der Waals surface area contributed by atoms with Crippen LogP contribution in [0.3, 0.4) is 0 Å². The van der Waals surface area contributed by atoms with Crippen LogP contribution in [-0.4, -0.2) is 23.0 Å². The molecule has 0 saturated carbocycles. The normalized spacial score (nSPS) is 11.8. The van der Waals surface area contributed by atoms with Crippen molar-refractivity contribution >= 4 is 34.5 Å². The van der Waals surface area contributed by atoms with E-state index in [-0.39, 0.29) is 12.3 Å². The lowest BCUT2D eigenvalue weighted by Gasteiger charge is -2.17. The summed E-state index contributed by atoms with van der Waals surface area (Å²) in [5, 5.41) is 12.1. The van der Waals surface area contributed by atoms with E-state index in [1.165, 1.54) is 0 Å². The molecule has 0 heterocycles. The summed E-state index contributed by atoms with van der Waals surface area (Å²) < 4.78 is 1.08. The highest BCUT2D eigenvalue weighted by Gasteiger charge is 2.23. The Morgan fingerprint density at radius 1 is 1.08 bits per heavy atom. The predicted molar refractivity (Wildman–Crippen MR) is 102 cm³/mol. The molecule has 2 rings (SSSR count). The maximum absolute atomic E-state index is 12.6. The van der Waals surface area contributed by atoms with E-state index in [9.17, 15) is 14.7 Å². The van der Waals surface area contributed by atoms with Crippen LogP contribution in [0.5, 0.6) is 0 Å². The summed E-state index contributed by atoms with van der Waals surface area (Å²) in [5.41, 5.74) is 4.21. The molecule has 24 heavy (non-hydrogen) atoms. The van der Waals surface area contributed by atoms with Gasteiger partial charge in [0, 0.05) is 15.6 Å². The van der Waals surface area contributed by atoms with Crippen LogP contribution in [-0.2, 0) is 11.2 Å². The zero-order chi connectivity index (χ0) is 17.9. The number of carboxylic acids is 1. The molecule has 0 aromatic heterocycles. The summed E-state index contributed by atoms with van der Waals surface area (Å²) in [6.45, 7) is 5.70. The van der Waals surface area contributed by atoms with Crippen molar-refractivity contribution < 1.29 is 14.7 Å². The van der Waals surface area contributed by atoms with Gasteiger partial charge in [0.25, 0.3) is 5.91 Å². The molecule has 0 aliphatic carbocycles. The summed E-state index contributed by atoms with van der Waals surface area (Å²) in [7, 11) is 0. The second-order valence-corrected chi connectivity index (χ2v) is 7.21. The van der Waals surface area contributed by atoms with Gasteiger partial charge in [-0.15, -0.1) is 0 Å². The van der Waals surface area contributed by atoms with E-state index in [1.54, 1.807) is 0 Å². The predicted octanol–water partition coefficient (Wildman–Crippen LogP) is 3.64. The van der Waals surface area contributed by atoms with Gasteiger partial charge in [0.1, 0.15) is 6.04 Å². The van der Waals surface area contributed by atoms with Gasteiger partial charge >= 0.3 is 5.97 Å². The molecule has 0 saturated heterocycles. The number of amides is 1. The molecule has 0 fully saturated rings. The van der Waals surface area contributed by atoms with Crippen molar-refractivity contribution in [3.8, 4) is 0 Å². The minimum absolute atomic E-state index is 0.252. The summed E-state index contributed by atoms with van der Waals surface area (Å²) in [6, 6.07) is 10.5. The van der Waals surface area contributed by atoms with Crippen molar-refractivity contribution in [2.75, 3.05) is 0 Å². The highest BCUT2D eigenvalue weighted by Crippen LogP contribution is 2.17. The Kier molecular flexibility index (Phi) is 5.99. The average Bonchev–Trinajstić information content (AvgIpc) is 2.47. The Balaban J connectivity index is 2.20. The lowest BCUT2D eigenvalue weighted by Crippen LogP contribution is -2.42. The van der Waals surface area contributed by atoms with Gasteiger partial charge in [-0.1, -0.05) is 29.8 Å². The van der Waals surface area contributed by atoms with Crippen molar-refractivity contribution in [3.05, 3.63) is 67.8 Å². The minimum atomic E-state index is -1.04. The Labute approximate surface area is 155 Å². The van der Waals surface area contributed by atoms with Crippen LogP contribution >= 0.6 is 22.6 Å². The van der Waals surface area contributed by atoms with Gasteiger partial charge in [-0.05, 0) is 72.2 Å². The van der Waals surface area contributed by atoms with Gasteiger partial charge in [0.2, 0.25) is 0 Å². The molecule has 0 aliphatic rings. The van der Waals surface area contributed by atoms with Crippen LogP contribution in [0.4, 0.5) is 0 Å². The number of nitrogens with one attached hydrogen (secondary N) is 1. The fourth-order valence-corrected chi connectivity index (χ4v) is 3.18. The Bertz CT molecular complexity index is 746. The van der Waals surface area contributed by atoms with E-state index in [4.69, 9.17) is 0 Å². The second-order valence-electron chi connectivity index (χ2n) is 5.97. The van der Waals surface area contributed by atoms with Crippen molar-refractivity contribution in [1.29, 1.82) is 0 Å². The molecule has 0 aliphatic heterocycles. The van der Waals surface area contributed by atoms with E-state index < -0.39 is 12.0 Å². The molecule has 1 atom stereocenters. The van der Waals surface area contributed by atoms with E-state index in [0.29, 0.717) is 5.56 Å². The molecule has 126 valence electrons. The first-order chi connectivity index (χ1) is 11.3. The lowest BCUT2D eigenvalue weighted by molar-refractivity contribution is -0.139. The van der Waals surface area contributed by atoms with Crippen molar-refractivity contribution in [2.45, 2.75) is 33.2 Å². The van der Waals surface area contributed by atoms with Crippen LogP contribution < -0.4 is 5.32 Å². The van der Waals surface area contributed by atoms with E-state index in [2.05, 4.69) is 27.9 Å². The maximum atomic E-state index is 12.6. The summed E-state index contributed by atoms with van der Waals surface area (Å²) in [5.74, 6) is -1.38. The number of carbonyl (C=O) groups is 2. The van der Waals surface area contributed by atoms with Gasteiger partial charge in [0.05, 0.1) is 0 Å². The fraction of sp³-hybridized carbons (Fsp3) is 0.263. The van der Waals surface area contributed by atoms with Gasteiger partial charge in [-0.2, -0.15) is 0 Å². The average molecular weight is 437 g/mol. The number of halogens is 1. The molecule has 5 heteroatoms. The number of hydrogen-bond acceptors (Lipinski definition) is 2. The molecule has 2 aromatic rings. The zero-order valence-electron chi connectivity index (χ0n) is 13.9. The van der Waals surface area contributed by atoms with E-state index in [1.807, 2.05) is 57.2 Å². The molecular formula is C19H20INO3. The standard InChI is InChI=1S/C19H20INO3/c1-11-8-12(2)17(13(3)9-11)18(22)21-16(19(23)24)10-14-4-6-15(20)7-5-14/h4-9,16H,10H2,1-3H3,(H,21,22)(H,23,24). The third-order valence-electron chi connectivity index (χ3n) is 3.86. The fourth-order valence-electron chi connectivity index (χ4n) is 2.82. The zero-order valence-corrected chi connectivity index (χ0v) is 16.0. The summed E-state index contributed by atoms with van der Waals surface area (Å²) in [4.78, 5) is 24.1. The van der Waals surface area contributed by atoms with E-state index >= 15 is 0 Å². The van der Waals surface area contributed by atoms with Crippen molar-refractivity contribution in [1.82, 2.24) is 5.32 Å². The molecular weight excluding hydrogens is 417 g/mol. The third kappa shape index (κ3) is 4.56. The molecule has 1 unspecified atom stereocenters. The Morgan fingerprint density at radius 2 is 1.62 bits per heavy atom. The monoisotopic (exact) mass is 437 g/mol. The molecule has 0 spiro atoms. The number of carbonyl (C=O) groups excluding carboxylic acids is 1. The maximum Gasteiger partial charge on any atom is 0.326 e. The summed E-state index contributed by atoms with van der Waals surface area (Å²) in [6.07, 6.45) is 0.252. The third-order valence-corrected chi connectivity index (χ3v) is 4.58. The smallest absolute Gasteiger partial charge is 0.326 e.